The van der Waals surface area contributed by atoms with E-state index in [9.17, 15) is 13.2 Å². The average molecular weight is 401 g/mol. The van der Waals surface area contributed by atoms with E-state index in [0.29, 0.717) is 29.7 Å². The van der Waals surface area contributed by atoms with E-state index < -0.39 is 11.7 Å². The maximum atomic E-state index is 12.8. The lowest BCUT2D eigenvalue weighted by atomic mass is 10.1. The molecule has 2 aromatic carbocycles. The van der Waals surface area contributed by atoms with Gasteiger partial charge in [0.05, 0.1) is 11.3 Å². The summed E-state index contributed by atoms with van der Waals surface area (Å²) in [6.45, 7) is 1.46. The second-order valence-electron chi connectivity index (χ2n) is 6.76. The first kappa shape index (κ1) is 20.6. The van der Waals surface area contributed by atoms with Gasteiger partial charge in [-0.15, -0.1) is 0 Å². The number of nitrogens with one attached hydrogen (secondary N) is 2. The van der Waals surface area contributed by atoms with E-state index in [0.717, 1.165) is 24.2 Å². The zero-order valence-electron chi connectivity index (χ0n) is 16.2. The summed E-state index contributed by atoms with van der Waals surface area (Å²) < 4.78 is 38.3. The minimum absolute atomic E-state index is 0.447. The largest absolute Gasteiger partial charge is 0.416 e. The Balaban J connectivity index is 1.86. The molecule has 0 fully saturated rings. The molecule has 1 aromatic heterocycles. The summed E-state index contributed by atoms with van der Waals surface area (Å²) in [6.07, 6.45) is -4.36. The van der Waals surface area contributed by atoms with Crippen molar-refractivity contribution in [2.24, 2.45) is 0 Å². The molecule has 0 aliphatic heterocycles. The topological polar surface area (TPSA) is 53.1 Å². The molecule has 0 aliphatic rings. The van der Waals surface area contributed by atoms with E-state index in [1.807, 2.05) is 49.3 Å². The van der Waals surface area contributed by atoms with Crippen molar-refractivity contribution in [3.05, 3.63) is 66.2 Å². The molecule has 3 rings (SSSR count). The third-order valence-electron chi connectivity index (χ3n) is 4.12. The van der Waals surface area contributed by atoms with E-state index in [4.69, 9.17) is 0 Å². The van der Waals surface area contributed by atoms with Gasteiger partial charge in [0.1, 0.15) is 5.82 Å². The smallest absolute Gasteiger partial charge is 0.353 e. The minimum atomic E-state index is -4.36. The Bertz CT molecular complexity index is 925. The van der Waals surface area contributed by atoms with Crippen molar-refractivity contribution >= 4 is 17.5 Å². The summed E-state index contributed by atoms with van der Waals surface area (Å²) in [6, 6.07) is 16.2. The van der Waals surface area contributed by atoms with E-state index >= 15 is 0 Å². The number of alkyl halides is 3. The van der Waals surface area contributed by atoms with Crippen LogP contribution in [0.5, 0.6) is 0 Å². The van der Waals surface area contributed by atoms with Crippen molar-refractivity contribution in [2.45, 2.75) is 6.18 Å². The Kier molecular flexibility index (Phi) is 6.33. The molecule has 0 amide bonds. The number of hydrogen-bond donors (Lipinski definition) is 2. The normalized spacial score (nSPS) is 11.5. The molecule has 1 heterocycles. The van der Waals surface area contributed by atoms with Crippen LogP contribution in [0.2, 0.25) is 0 Å². The molecule has 29 heavy (non-hydrogen) atoms. The molecule has 0 radical (unpaired) electrons. The van der Waals surface area contributed by atoms with Crippen LogP contribution < -0.4 is 10.6 Å². The number of nitrogens with zero attached hydrogens (tertiary/aromatic N) is 3. The fourth-order valence-corrected chi connectivity index (χ4v) is 2.63. The Morgan fingerprint density at radius 3 is 2.24 bits per heavy atom. The fourth-order valence-electron chi connectivity index (χ4n) is 2.63. The van der Waals surface area contributed by atoms with Crippen molar-refractivity contribution in [3.63, 3.8) is 0 Å². The molecular formula is C21H22F3N5. The van der Waals surface area contributed by atoms with Gasteiger partial charge in [-0.1, -0.05) is 30.3 Å². The van der Waals surface area contributed by atoms with Crippen molar-refractivity contribution in [1.82, 2.24) is 14.9 Å². The highest BCUT2D eigenvalue weighted by Crippen LogP contribution is 2.30. The van der Waals surface area contributed by atoms with Crippen molar-refractivity contribution in [3.8, 4) is 11.3 Å². The number of aromatic nitrogens is 2. The highest BCUT2D eigenvalue weighted by atomic mass is 19.4. The van der Waals surface area contributed by atoms with Gasteiger partial charge in [0.25, 0.3) is 0 Å². The number of benzene rings is 2. The minimum Gasteiger partial charge on any atom is -0.353 e. The zero-order chi connectivity index (χ0) is 20.9. The Hall–Kier alpha value is -3.13. The van der Waals surface area contributed by atoms with Crippen LogP contribution in [0.3, 0.4) is 0 Å². The lowest BCUT2D eigenvalue weighted by Crippen LogP contribution is -2.21. The van der Waals surface area contributed by atoms with E-state index in [1.165, 1.54) is 12.1 Å². The summed E-state index contributed by atoms with van der Waals surface area (Å²) in [7, 11) is 3.95. The first-order valence-corrected chi connectivity index (χ1v) is 9.08. The third kappa shape index (κ3) is 5.92. The number of likely N-dealkylation sites (N-methyl/N-ethyl adjacent to an activating group) is 1. The van der Waals surface area contributed by atoms with Gasteiger partial charge in [-0.25, -0.2) is 4.98 Å². The maximum absolute atomic E-state index is 12.8. The van der Waals surface area contributed by atoms with Crippen LogP contribution in [0.15, 0.2) is 60.7 Å². The van der Waals surface area contributed by atoms with Gasteiger partial charge < -0.3 is 15.5 Å². The van der Waals surface area contributed by atoms with Gasteiger partial charge in [0.15, 0.2) is 0 Å². The molecule has 0 spiro atoms. The lowest BCUT2D eigenvalue weighted by molar-refractivity contribution is -0.137. The van der Waals surface area contributed by atoms with E-state index in [-0.39, 0.29) is 0 Å². The first-order chi connectivity index (χ1) is 13.8. The molecule has 0 unspecified atom stereocenters. The van der Waals surface area contributed by atoms with E-state index in [1.54, 1.807) is 6.07 Å². The Morgan fingerprint density at radius 1 is 0.931 bits per heavy atom. The van der Waals surface area contributed by atoms with Gasteiger partial charge in [-0.3, -0.25) is 0 Å². The molecule has 8 heteroatoms. The van der Waals surface area contributed by atoms with E-state index in [2.05, 4.69) is 20.6 Å². The molecule has 0 atom stereocenters. The van der Waals surface area contributed by atoms with Crippen LogP contribution in [0.25, 0.3) is 11.3 Å². The molecule has 5 nitrogen and oxygen atoms in total. The average Bonchev–Trinajstić information content (AvgIpc) is 2.68. The Morgan fingerprint density at radius 2 is 1.62 bits per heavy atom. The number of hydrogen-bond acceptors (Lipinski definition) is 5. The standard InChI is InChI=1S/C21H22F3N5/c1-29(2)13-12-25-20-27-18(15-6-4-3-5-7-15)14-19(28-20)26-17-10-8-16(9-11-17)21(22,23)24/h3-11,14H,12-13H2,1-2H3,(H2,25,26,27,28). The van der Waals surface area contributed by atoms with Gasteiger partial charge in [-0.05, 0) is 38.4 Å². The van der Waals surface area contributed by atoms with Crippen LogP contribution >= 0.6 is 0 Å². The molecule has 0 saturated carbocycles. The predicted molar refractivity (Wildman–Crippen MR) is 109 cm³/mol. The van der Waals surface area contributed by atoms with Gasteiger partial charge >= 0.3 is 6.18 Å². The van der Waals surface area contributed by atoms with Crippen molar-refractivity contribution < 1.29 is 13.2 Å². The lowest BCUT2D eigenvalue weighted by Gasteiger charge is -2.14. The summed E-state index contributed by atoms with van der Waals surface area (Å²) in [4.78, 5) is 11.0. The van der Waals surface area contributed by atoms with Crippen LogP contribution in [0.1, 0.15) is 5.56 Å². The molecule has 0 aliphatic carbocycles. The van der Waals surface area contributed by atoms with Crippen LogP contribution in [-0.2, 0) is 6.18 Å². The monoisotopic (exact) mass is 401 g/mol. The molecule has 3 aromatic rings. The van der Waals surface area contributed by atoms with Gasteiger partial charge in [0.2, 0.25) is 5.95 Å². The quantitative estimate of drug-likeness (QED) is 0.591. The number of rotatable bonds is 7. The van der Waals surface area contributed by atoms with Gasteiger partial charge in [0, 0.05) is 30.4 Å². The maximum Gasteiger partial charge on any atom is 0.416 e. The second kappa shape index (κ2) is 8.91. The molecular weight excluding hydrogens is 379 g/mol. The predicted octanol–water partition coefficient (Wildman–Crippen LogP) is 4.88. The van der Waals surface area contributed by atoms with Crippen LogP contribution in [-0.4, -0.2) is 42.1 Å². The summed E-state index contributed by atoms with van der Waals surface area (Å²) in [5, 5.41) is 6.25. The third-order valence-corrected chi connectivity index (χ3v) is 4.12. The molecule has 2 N–H and O–H groups in total. The van der Waals surface area contributed by atoms with Gasteiger partial charge in [-0.2, -0.15) is 18.2 Å². The van der Waals surface area contributed by atoms with Crippen molar-refractivity contribution in [1.29, 1.82) is 0 Å². The molecule has 0 bridgehead atoms. The number of halogens is 3. The fraction of sp³-hybridized carbons (Fsp3) is 0.238. The SMILES string of the molecule is CN(C)CCNc1nc(Nc2ccc(C(F)(F)F)cc2)cc(-c2ccccc2)n1. The molecule has 152 valence electrons. The molecule has 0 saturated heterocycles. The highest BCUT2D eigenvalue weighted by molar-refractivity contribution is 5.67. The van der Waals surface area contributed by atoms with Crippen molar-refractivity contribution in [2.75, 3.05) is 37.8 Å². The number of anilines is 3. The Labute approximate surface area is 167 Å². The zero-order valence-corrected chi connectivity index (χ0v) is 16.2. The summed E-state index contributed by atoms with van der Waals surface area (Å²) in [5.74, 6) is 0.938. The summed E-state index contributed by atoms with van der Waals surface area (Å²) >= 11 is 0. The van der Waals surface area contributed by atoms with Crippen LogP contribution in [0.4, 0.5) is 30.6 Å². The van der Waals surface area contributed by atoms with Crippen LogP contribution in [0, 0.1) is 0 Å². The first-order valence-electron chi connectivity index (χ1n) is 9.08. The highest BCUT2D eigenvalue weighted by Gasteiger charge is 2.29. The second-order valence-corrected chi connectivity index (χ2v) is 6.76. The summed E-state index contributed by atoms with van der Waals surface area (Å²) in [5.41, 5.74) is 1.44.